The first kappa shape index (κ1) is 14.4. The number of thioether (sulfide) groups is 1. The number of rotatable bonds is 4. The Labute approximate surface area is 130 Å². The van der Waals surface area contributed by atoms with Crippen molar-refractivity contribution in [1.29, 1.82) is 0 Å². The van der Waals surface area contributed by atoms with Gasteiger partial charge in [-0.2, -0.15) is 0 Å². The summed E-state index contributed by atoms with van der Waals surface area (Å²) in [5, 5.41) is 1.06. The lowest BCUT2D eigenvalue weighted by molar-refractivity contribution is 0.572. The average Bonchev–Trinajstić information content (AvgIpc) is 2.55. The number of aryl methyl sites for hydroxylation is 1. The third-order valence-electron chi connectivity index (χ3n) is 3.94. The molecular formula is C17H21N3S. The van der Waals surface area contributed by atoms with Gasteiger partial charge in [-0.1, -0.05) is 24.3 Å². The van der Waals surface area contributed by atoms with Gasteiger partial charge in [0.05, 0.1) is 0 Å². The molecule has 0 radical (unpaired) electrons. The van der Waals surface area contributed by atoms with E-state index in [0.29, 0.717) is 0 Å². The van der Waals surface area contributed by atoms with Crippen molar-refractivity contribution in [1.82, 2.24) is 9.97 Å². The molecule has 0 unspecified atom stereocenters. The lowest BCUT2D eigenvalue weighted by Crippen LogP contribution is -2.30. The first-order chi connectivity index (χ1) is 10.3. The van der Waals surface area contributed by atoms with E-state index in [1.165, 1.54) is 30.4 Å². The topological polar surface area (TPSA) is 29.0 Å². The van der Waals surface area contributed by atoms with E-state index in [1.807, 2.05) is 0 Å². The zero-order chi connectivity index (χ0) is 14.5. The molecule has 21 heavy (non-hydrogen) atoms. The zero-order valence-electron chi connectivity index (χ0n) is 12.5. The third-order valence-corrected chi connectivity index (χ3v) is 4.92. The standard InChI is InChI=1S/C17H21N3S/c1-14-7-3-4-8-15(14)12-21-17-11-16(18-13-19-17)20-9-5-2-6-10-20/h3-4,7-8,11,13H,2,5-6,9-10,12H2,1H3. The highest BCUT2D eigenvalue weighted by molar-refractivity contribution is 7.98. The van der Waals surface area contributed by atoms with Crippen LogP contribution in [0.3, 0.4) is 0 Å². The van der Waals surface area contributed by atoms with E-state index < -0.39 is 0 Å². The van der Waals surface area contributed by atoms with Crippen molar-refractivity contribution in [2.75, 3.05) is 18.0 Å². The van der Waals surface area contributed by atoms with Gasteiger partial charge in [0.25, 0.3) is 0 Å². The van der Waals surface area contributed by atoms with Crippen molar-refractivity contribution in [3.05, 3.63) is 47.8 Å². The van der Waals surface area contributed by atoms with Crippen LogP contribution in [-0.2, 0) is 5.75 Å². The smallest absolute Gasteiger partial charge is 0.133 e. The van der Waals surface area contributed by atoms with Gasteiger partial charge in [-0.25, -0.2) is 9.97 Å². The lowest BCUT2D eigenvalue weighted by Gasteiger charge is -2.27. The molecule has 0 spiro atoms. The molecule has 0 saturated carbocycles. The Morgan fingerprint density at radius 1 is 1.10 bits per heavy atom. The second-order valence-electron chi connectivity index (χ2n) is 5.48. The molecule has 3 rings (SSSR count). The minimum Gasteiger partial charge on any atom is -0.356 e. The number of nitrogens with zero attached hydrogens (tertiary/aromatic N) is 3. The van der Waals surface area contributed by atoms with Gasteiger partial charge >= 0.3 is 0 Å². The maximum atomic E-state index is 4.44. The fourth-order valence-corrected chi connectivity index (χ4v) is 3.57. The highest BCUT2D eigenvalue weighted by Crippen LogP contribution is 2.25. The van der Waals surface area contributed by atoms with Crippen molar-refractivity contribution < 1.29 is 0 Å². The summed E-state index contributed by atoms with van der Waals surface area (Å²) in [6, 6.07) is 10.7. The second-order valence-corrected chi connectivity index (χ2v) is 6.47. The number of hydrogen-bond donors (Lipinski definition) is 0. The van der Waals surface area contributed by atoms with Gasteiger partial charge in [0.1, 0.15) is 17.2 Å². The highest BCUT2D eigenvalue weighted by atomic mass is 32.2. The molecule has 2 aromatic rings. The Bertz CT molecular complexity index is 594. The Morgan fingerprint density at radius 2 is 1.90 bits per heavy atom. The molecule has 0 bridgehead atoms. The van der Waals surface area contributed by atoms with Crippen LogP contribution in [0, 0.1) is 6.92 Å². The Hall–Kier alpha value is -1.55. The van der Waals surface area contributed by atoms with Crippen LogP contribution in [0.5, 0.6) is 0 Å². The van der Waals surface area contributed by atoms with Gasteiger partial charge in [0, 0.05) is 24.9 Å². The van der Waals surface area contributed by atoms with Crippen LogP contribution in [0.4, 0.5) is 5.82 Å². The van der Waals surface area contributed by atoms with Crippen LogP contribution in [-0.4, -0.2) is 23.1 Å². The van der Waals surface area contributed by atoms with E-state index in [4.69, 9.17) is 0 Å². The first-order valence-corrected chi connectivity index (χ1v) is 8.56. The summed E-state index contributed by atoms with van der Waals surface area (Å²) in [5.74, 6) is 2.04. The summed E-state index contributed by atoms with van der Waals surface area (Å²) in [7, 11) is 0. The average molecular weight is 299 g/mol. The molecule has 1 aliphatic heterocycles. The van der Waals surface area contributed by atoms with E-state index in [-0.39, 0.29) is 0 Å². The maximum Gasteiger partial charge on any atom is 0.133 e. The number of aromatic nitrogens is 2. The fourth-order valence-electron chi connectivity index (χ4n) is 2.63. The Balaban J connectivity index is 1.67. The Kier molecular flexibility index (Phi) is 4.76. The van der Waals surface area contributed by atoms with Crippen LogP contribution < -0.4 is 4.90 Å². The zero-order valence-corrected chi connectivity index (χ0v) is 13.3. The van der Waals surface area contributed by atoms with Crippen LogP contribution in [0.2, 0.25) is 0 Å². The van der Waals surface area contributed by atoms with E-state index in [0.717, 1.165) is 29.7 Å². The molecule has 0 atom stereocenters. The summed E-state index contributed by atoms with van der Waals surface area (Å²) in [5.41, 5.74) is 2.72. The third kappa shape index (κ3) is 3.76. The fraction of sp³-hybridized carbons (Fsp3) is 0.412. The SMILES string of the molecule is Cc1ccccc1CSc1cc(N2CCCCC2)ncn1. The molecule has 1 saturated heterocycles. The molecule has 110 valence electrons. The van der Waals surface area contributed by atoms with Crippen molar-refractivity contribution in [3.63, 3.8) is 0 Å². The largest absolute Gasteiger partial charge is 0.356 e. The van der Waals surface area contributed by atoms with Crippen LogP contribution in [0.25, 0.3) is 0 Å². The quantitative estimate of drug-likeness (QED) is 0.628. The van der Waals surface area contributed by atoms with Crippen molar-refractivity contribution in [2.24, 2.45) is 0 Å². The highest BCUT2D eigenvalue weighted by Gasteiger charge is 2.12. The normalized spacial score (nSPS) is 15.2. The van der Waals surface area contributed by atoms with Crippen molar-refractivity contribution >= 4 is 17.6 Å². The van der Waals surface area contributed by atoms with Gasteiger partial charge in [-0.15, -0.1) is 11.8 Å². The molecule has 2 heterocycles. The maximum absolute atomic E-state index is 4.44. The van der Waals surface area contributed by atoms with Gasteiger partial charge < -0.3 is 4.90 Å². The van der Waals surface area contributed by atoms with E-state index in [2.05, 4.69) is 52.1 Å². The summed E-state index contributed by atoms with van der Waals surface area (Å²) in [6.45, 7) is 4.41. The number of anilines is 1. The predicted molar refractivity (Wildman–Crippen MR) is 88.8 cm³/mol. The van der Waals surface area contributed by atoms with Crippen molar-refractivity contribution in [2.45, 2.75) is 37.0 Å². The van der Waals surface area contributed by atoms with Crippen LogP contribution in [0.1, 0.15) is 30.4 Å². The lowest BCUT2D eigenvalue weighted by atomic mass is 10.1. The molecule has 0 amide bonds. The molecule has 1 fully saturated rings. The molecule has 0 aliphatic carbocycles. The number of benzene rings is 1. The van der Waals surface area contributed by atoms with Crippen LogP contribution in [0.15, 0.2) is 41.7 Å². The van der Waals surface area contributed by atoms with Crippen molar-refractivity contribution in [3.8, 4) is 0 Å². The summed E-state index contributed by atoms with van der Waals surface area (Å²) in [4.78, 5) is 11.2. The first-order valence-electron chi connectivity index (χ1n) is 7.57. The molecule has 3 nitrogen and oxygen atoms in total. The predicted octanol–water partition coefficient (Wildman–Crippen LogP) is 4.07. The summed E-state index contributed by atoms with van der Waals surface area (Å²) in [6.07, 6.45) is 5.59. The molecular weight excluding hydrogens is 278 g/mol. The molecule has 1 aromatic carbocycles. The van der Waals surface area contributed by atoms with Gasteiger partial charge in [-0.3, -0.25) is 0 Å². The number of piperidine rings is 1. The minimum absolute atomic E-state index is 0.961. The van der Waals surface area contributed by atoms with Gasteiger partial charge in [0.2, 0.25) is 0 Å². The monoisotopic (exact) mass is 299 g/mol. The Morgan fingerprint density at radius 3 is 2.71 bits per heavy atom. The van der Waals surface area contributed by atoms with E-state index in [1.54, 1.807) is 18.1 Å². The van der Waals surface area contributed by atoms with Gasteiger partial charge in [0.15, 0.2) is 0 Å². The summed E-state index contributed by atoms with van der Waals surface area (Å²) < 4.78 is 0. The van der Waals surface area contributed by atoms with Crippen LogP contribution >= 0.6 is 11.8 Å². The van der Waals surface area contributed by atoms with E-state index in [9.17, 15) is 0 Å². The van der Waals surface area contributed by atoms with E-state index >= 15 is 0 Å². The molecule has 1 aromatic heterocycles. The molecule has 4 heteroatoms. The second kappa shape index (κ2) is 6.94. The minimum atomic E-state index is 0.961. The summed E-state index contributed by atoms with van der Waals surface area (Å²) >= 11 is 1.79. The van der Waals surface area contributed by atoms with Gasteiger partial charge in [-0.05, 0) is 37.3 Å². The number of hydrogen-bond acceptors (Lipinski definition) is 4. The molecule has 1 aliphatic rings. The molecule has 0 N–H and O–H groups in total.